The van der Waals surface area contributed by atoms with E-state index in [1.807, 2.05) is 18.2 Å². The van der Waals surface area contributed by atoms with Crippen molar-refractivity contribution in [1.29, 1.82) is 0 Å². The van der Waals surface area contributed by atoms with Crippen molar-refractivity contribution in [2.45, 2.75) is 12.8 Å². The van der Waals surface area contributed by atoms with Crippen molar-refractivity contribution in [2.75, 3.05) is 0 Å². The zero-order chi connectivity index (χ0) is 30.9. The van der Waals surface area contributed by atoms with Crippen LogP contribution in [0.25, 0.3) is 71.8 Å². The minimum Gasteiger partial charge on any atom is -0.456 e. The van der Waals surface area contributed by atoms with E-state index in [0.717, 1.165) is 34.8 Å². The summed E-state index contributed by atoms with van der Waals surface area (Å²) in [5.41, 5.74) is 13.5. The fourth-order valence-electron chi connectivity index (χ4n) is 6.93. The third-order valence-electron chi connectivity index (χ3n) is 9.01. The highest BCUT2D eigenvalue weighted by Crippen LogP contribution is 2.45. The number of hydrogen-bond acceptors (Lipinski definition) is 1. The maximum atomic E-state index is 6.41. The van der Waals surface area contributed by atoms with Gasteiger partial charge in [0.25, 0.3) is 0 Å². The van der Waals surface area contributed by atoms with Gasteiger partial charge in [-0.05, 0) is 104 Å². The van der Waals surface area contributed by atoms with E-state index < -0.39 is 0 Å². The smallest absolute Gasteiger partial charge is 0.135 e. The maximum absolute atomic E-state index is 6.41. The van der Waals surface area contributed by atoms with Crippen molar-refractivity contribution in [3.05, 3.63) is 181 Å². The second-order valence-corrected chi connectivity index (χ2v) is 11.7. The molecular weight excluding hydrogens is 556 g/mol. The van der Waals surface area contributed by atoms with Crippen molar-refractivity contribution >= 4 is 49.6 Å². The van der Waals surface area contributed by atoms with Crippen molar-refractivity contribution < 1.29 is 4.42 Å². The van der Waals surface area contributed by atoms with E-state index >= 15 is 0 Å². The number of hydrogen-bond donors (Lipinski definition) is 0. The molecule has 46 heavy (non-hydrogen) atoms. The summed E-state index contributed by atoms with van der Waals surface area (Å²) in [5.74, 6) is 0. The minimum absolute atomic E-state index is 0.835. The van der Waals surface area contributed by atoms with Gasteiger partial charge in [-0.2, -0.15) is 0 Å². The van der Waals surface area contributed by atoms with E-state index in [9.17, 15) is 0 Å². The molecule has 0 atom stereocenters. The molecule has 218 valence electrons. The molecule has 1 aliphatic carbocycles. The second-order valence-electron chi connectivity index (χ2n) is 11.7. The highest BCUT2D eigenvalue weighted by molar-refractivity contribution is 6.22. The molecule has 1 aliphatic rings. The Bertz CT molecular complexity index is 2410. The molecule has 0 unspecified atom stereocenters. The van der Waals surface area contributed by atoms with Crippen molar-refractivity contribution in [2.24, 2.45) is 0 Å². The molecule has 1 heterocycles. The molecule has 7 aromatic rings. The fraction of sp³-hybridized carbons (Fsp3) is 0.0444. The Hall–Kier alpha value is -5.88. The Morgan fingerprint density at radius 2 is 1.37 bits per heavy atom. The summed E-state index contributed by atoms with van der Waals surface area (Å²) < 4.78 is 6.41. The van der Waals surface area contributed by atoms with Gasteiger partial charge in [0, 0.05) is 10.8 Å². The SMILES string of the molecule is C=C=C/C=C\C=C/Cc1ccccc1-c1c2ccccc2c(-c2ccc3oc4cc5c(cc4c3c2)C=CC=CC5)c2ccccc12. The molecule has 0 aliphatic heterocycles. The van der Waals surface area contributed by atoms with Gasteiger partial charge in [-0.25, -0.2) is 0 Å². The molecule has 8 rings (SSSR count). The van der Waals surface area contributed by atoms with Crippen molar-refractivity contribution in [1.82, 2.24) is 0 Å². The lowest BCUT2D eigenvalue weighted by molar-refractivity contribution is 0.668. The lowest BCUT2D eigenvalue weighted by Crippen LogP contribution is -1.94. The summed E-state index contributed by atoms with van der Waals surface area (Å²) in [4.78, 5) is 0. The van der Waals surface area contributed by atoms with Gasteiger partial charge in [0.2, 0.25) is 0 Å². The third kappa shape index (κ3) is 4.85. The standard InChI is InChI=1S/C45H32O/c1-2-3-4-5-6-8-17-31-18-11-12-21-35(31)45-38-24-15-13-22-36(38)44(37-23-14-16-25-39(37)45)34-26-27-42-40(29-34)41-28-32-19-9-7-10-20-33(32)30-43(41)46-42/h3-16,18-19,21-30H,1,17,20H2/b5-4-,8-6-. The number of fused-ring (bicyclic) bond motifs is 6. The van der Waals surface area contributed by atoms with E-state index in [0.29, 0.717) is 0 Å². The van der Waals surface area contributed by atoms with Gasteiger partial charge in [-0.3, -0.25) is 0 Å². The van der Waals surface area contributed by atoms with Crippen molar-refractivity contribution in [3.63, 3.8) is 0 Å². The van der Waals surface area contributed by atoms with Gasteiger partial charge in [-0.15, -0.1) is 5.73 Å². The summed E-state index contributed by atoms with van der Waals surface area (Å²) in [7, 11) is 0. The van der Waals surface area contributed by atoms with Crippen LogP contribution in [0.2, 0.25) is 0 Å². The minimum atomic E-state index is 0.835. The highest BCUT2D eigenvalue weighted by Gasteiger charge is 2.19. The quantitative estimate of drug-likeness (QED) is 0.107. The van der Waals surface area contributed by atoms with E-state index in [1.54, 1.807) is 0 Å². The van der Waals surface area contributed by atoms with Crippen LogP contribution in [0.1, 0.15) is 16.7 Å². The molecule has 0 radical (unpaired) electrons. The average molecular weight is 589 g/mol. The number of furan rings is 1. The Labute approximate surface area is 269 Å². The Kier molecular flexibility index (Phi) is 7.15. The average Bonchev–Trinajstić information content (AvgIpc) is 3.28. The topological polar surface area (TPSA) is 13.1 Å². The first-order chi connectivity index (χ1) is 22.8. The zero-order valence-corrected chi connectivity index (χ0v) is 25.5. The summed E-state index contributed by atoms with van der Waals surface area (Å²) in [6, 6.07) is 37.7. The number of rotatable bonds is 6. The normalized spacial score (nSPS) is 12.9. The van der Waals surface area contributed by atoms with Gasteiger partial charge in [0.15, 0.2) is 0 Å². The van der Waals surface area contributed by atoms with E-state index in [2.05, 4.69) is 152 Å². The summed E-state index contributed by atoms with van der Waals surface area (Å²) in [6.07, 6.45) is 20.5. The number of allylic oxidation sites excluding steroid dienone is 8. The first kappa shape index (κ1) is 27.7. The van der Waals surface area contributed by atoms with Crippen LogP contribution in [-0.2, 0) is 12.8 Å². The molecule has 0 amide bonds. The summed E-state index contributed by atoms with van der Waals surface area (Å²) in [6.45, 7) is 3.62. The zero-order valence-electron chi connectivity index (χ0n) is 25.5. The molecule has 1 heteroatoms. The van der Waals surface area contributed by atoms with E-state index in [-0.39, 0.29) is 0 Å². The predicted octanol–water partition coefficient (Wildman–Crippen LogP) is 12.3. The third-order valence-corrected chi connectivity index (χ3v) is 9.01. The predicted molar refractivity (Wildman–Crippen MR) is 197 cm³/mol. The van der Waals surface area contributed by atoms with Crippen LogP contribution in [-0.4, -0.2) is 0 Å². The lowest BCUT2D eigenvalue weighted by atomic mass is 9.84. The maximum Gasteiger partial charge on any atom is 0.135 e. The fourth-order valence-corrected chi connectivity index (χ4v) is 6.93. The molecule has 6 aromatic carbocycles. The van der Waals surface area contributed by atoms with Crippen LogP contribution in [0.5, 0.6) is 0 Å². The van der Waals surface area contributed by atoms with Crippen LogP contribution in [0, 0.1) is 0 Å². The highest BCUT2D eigenvalue weighted by atomic mass is 16.3. The molecule has 0 N–H and O–H groups in total. The number of benzene rings is 6. The molecule has 0 fully saturated rings. The Morgan fingerprint density at radius 1 is 0.652 bits per heavy atom. The van der Waals surface area contributed by atoms with Gasteiger partial charge < -0.3 is 4.42 Å². The molecule has 0 saturated carbocycles. The van der Waals surface area contributed by atoms with E-state index in [4.69, 9.17) is 4.42 Å². The molecule has 1 nitrogen and oxygen atoms in total. The molecule has 1 aromatic heterocycles. The Balaban J connectivity index is 1.34. The molecular formula is C45H32O. The Morgan fingerprint density at radius 3 is 2.15 bits per heavy atom. The summed E-state index contributed by atoms with van der Waals surface area (Å²) >= 11 is 0. The van der Waals surface area contributed by atoms with Crippen LogP contribution >= 0.6 is 0 Å². The van der Waals surface area contributed by atoms with Gasteiger partial charge >= 0.3 is 0 Å². The van der Waals surface area contributed by atoms with E-state index in [1.165, 1.54) is 60.5 Å². The van der Waals surface area contributed by atoms with Crippen LogP contribution < -0.4 is 0 Å². The van der Waals surface area contributed by atoms with Gasteiger partial charge in [0.05, 0.1) is 0 Å². The van der Waals surface area contributed by atoms with Crippen LogP contribution in [0.15, 0.2) is 168 Å². The van der Waals surface area contributed by atoms with Gasteiger partial charge in [-0.1, -0.05) is 134 Å². The summed E-state index contributed by atoms with van der Waals surface area (Å²) in [5, 5.41) is 7.30. The van der Waals surface area contributed by atoms with Crippen molar-refractivity contribution in [3.8, 4) is 22.3 Å². The molecule has 0 spiro atoms. The second kappa shape index (κ2) is 11.9. The van der Waals surface area contributed by atoms with Crippen LogP contribution in [0.4, 0.5) is 0 Å². The van der Waals surface area contributed by atoms with Crippen LogP contribution in [0.3, 0.4) is 0 Å². The molecule has 0 bridgehead atoms. The first-order valence-electron chi connectivity index (χ1n) is 15.8. The lowest BCUT2D eigenvalue weighted by Gasteiger charge is -2.19. The van der Waals surface area contributed by atoms with Gasteiger partial charge in [0.1, 0.15) is 11.2 Å². The molecule has 0 saturated heterocycles. The first-order valence-corrected chi connectivity index (χ1v) is 15.8. The largest absolute Gasteiger partial charge is 0.456 e. The monoisotopic (exact) mass is 588 g/mol.